The minimum atomic E-state index is -4.11. The highest BCUT2D eigenvalue weighted by atomic mass is 33.1. The molecule has 0 rings (SSSR count). The molecule has 0 aromatic rings. The zero-order chi connectivity index (χ0) is 13.7. The molecule has 0 aliphatic carbocycles. The van der Waals surface area contributed by atoms with Crippen molar-refractivity contribution < 1.29 is 28.0 Å². The minimum absolute atomic E-state index is 0.0120. The molecule has 0 aliphatic rings. The number of hydrogen-bond acceptors (Lipinski definition) is 6. The smallest absolute Gasteiger partial charge is 0.319 e. The summed E-state index contributed by atoms with van der Waals surface area (Å²) in [5, 5.41) is 20.8. The standard InChI is InChI=1S/C8H17NO6S2/c1-8(2,5-10)6(11)7(12)9-3-4-16-17(13,14)15/h6,10-11H,3-5H2,1-2H3,(H,9,12)(H,13,14,15). The Labute approximate surface area is 104 Å². The number of aliphatic hydroxyl groups excluding tert-OH is 2. The molecular weight excluding hydrogens is 270 g/mol. The maximum atomic E-state index is 11.4. The first kappa shape index (κ1) is 16.6. The lowest BCUT2D eigenvalue weighted by Crippen LogP contribution is -2.46. The zero-order valence-electron chi connectivity index (χ0n) is 9.58. The van der Waals surface area contributed by atoms with Gasteiger partial charge < -0.3 is 15.5 Å². The van der Waals surface area contributed by atoms with Gasteiger partial charge in [-0.3, -0.25) is 9.35 Å². The Morgan fingerprint density at radius 1 is 1.47 bits per heavy atom. The third kappa shape index (κ3) is 6.84. The SMILES string of the molecule is CC(C)(CO)C(O)C(=O)NCCSS(=O)(=O)O. The molecule has 17 heavy (non-hydrogen) atoms. The second-order valence-corrected chi connectivity index (χ2v) is 7.56. The van der Waals surface area contributed by atoms with E-state index in [1.165, 1.54) is 13.8 Å². The topological polar surface area (TPSA) is 124 Å². The van der Waals surface area contributed by atoms with Gasteiger partial charge in [0.15, 0.2) is 0 Å². The van der Waals surface area contributed by atoms with Crippen LogP contribution in [0.4, 0.5) is 0 Å². The van der Waals surface area contributed by atoms with Gasteiger partial charge in [0.25, 0.3) is 0 Å². The van der Waals surface area contributed by atoms with Gasteiger partial charge in [-0.05, 0) is 10.8 Å². The summed E-state index contributed by atoms with van der Waals surface area (Å²) < 4.78 is 29.1. The van der Waals surface area contributed by atoms with E-state index in [1.54, 1.807) is 0 Å². The fraction of sp³-hybridized carbons (Fsp3) is 0.875. The highest BCUT2D eigenvalue weighted by Gasteiger charge is 2.32. The van der Waals surface area contributed by atoms with Gasteiger partial charge in [0.05, 0.1) is 6.61 Å². The van der Waals surface area contributed by atoms with Crippen molar-refractivity contribution in [2.45, 2.75) is 20.0 Å². The summed E-state index contributed by atoms with van der Waals surface area (Å²) in [5.74, 6) is -0.725. The number of rotatable bonds is 7. The van der Waals surface area contributed by atoms with Crippen LogP contribution in [-0.2, 0) is 13.9 Å². The molecule has 1 unspecified atom stereocenters. The van der Waals surface area contributed by atoms with Crippen LogP contribution in [0.2, 0.25) is 0 Å². The highest BCUT2D eigenvalue weighted by Crippen LogP contribution is 2.19. The third-order valence-corrected chi connectivity index (χ3v) is 4.09. The Kier molecular flexibility index (Phi) is 6.41. The van der Waals surface area contributed by atoms with Crippen molar-refractivity contribution >= 4 is 25.9 Å². The second-order valence-electron chi connectivity index (χ2n) is 4.09. The molecule has 0 heterocycles. The van der Waals surface area contributed by atoms with Gasteiger partial charge >= 0.3 is 9.15 Å². The van der Waals surface area contributed by atoms with Crippen molar-refractivity contribution in [2.75, 3.05) is 18.9 Å². The maximum Gasteiger partial charge on any atom is 0.319 e. The van der Waals surface area contributed by atoms with Gasteiger partial charge in [-0.15, -0.1) is 0 Å². The molecule has 7 nitrogen and oxygen atoms in total. The summed E-state index contributed by atoms with van der Waals surface area (Å²) in [4.78, 5) is 11.4. The van der Waals surface area contributed by atoms with E-state index in [1.807, 2.05) is 0 Å². The highest BCUT2D eigenvalue weighted by molar-refractivity contribution is 8.69. The Morgan fingerprint density at radius 2 is 2.00 bits per heavy atom. The van der Waals surface area contributed by atoms with Gasteiger partial charge in [0.2, 0.25) is 5.91 Å². The van der Waals surface area contributed by atoms with E-state index >= 15 is 0 Å². The normalized spacial score (nSPS) is 14.4. The van der Waals surface area contributed by atoms with Crippen LogP contribution in [0.25, 0.3) is 0 Å². The molecule has 9 heteroatoms. The number of carbonyl (C=O) groups is 1. The maximum absolute atomic E-state index is 11.4. The Morgan fingerprint density at radius 3 is 2.41 bits per heavy atom. The summed E-state index contributed by atoms with van der Waals surface area (Å²) in [6, 6.07) is 0. The van der Waals surface area contributed by atoms with E-state index in [2.05, 4.69) is 5.32 Å². The van der Waals surface area contributed by atoms with E-state index < -0.39 is 26.6 Å². The molecule has 0 aliphatic heterocycles. The van der Waals surface area contributed by atoms with Crippen molar-refractivity contribution in [2.24, 2.45) is 5.41 Å². The fourth-order valence-corrected chi connectivity index (χ4v) is 2.14. The summed E-state index contributed by atoms with van der Waals surface area (Å²) in [6.45, 7) is 2.66. The minimum Gasteiger partial charge on any atom is -0.396 e. The van der Waals surface area contributed by atoms with Crippen molar-refractivity contribution in [3.63, 3.8) is 0 Å². The number of carbonyl (C=O) groups excluding carboxylic acids is 1. The molecular formula is C8H17NO6S2. The Balaban J connectivity index is 4.04. The van der Waals surface area contributed by atoms with Crippen LogP contribution < -0.4 is 5.32 Å². The zero-order valence-corrected chi connectivity index (χ0v) is 11.2. The predicted octanol–water partition coefficient (Wildman–Crippen LogP) is -0.982. The summed E-state index contributed by atoms with van der Waals surface area (Å²) in [5.41, 5.74) is -0.972. The van der Waals surface area contributed by atoms with Gasteiger partial charge in [-0.2, -0.15) is 8.42 Å². The van der Waals surface area contributed by atoms with Crippen LogP contribution in [0.1, 0.15) is 13.8 Å². The van der Waals surface area contributed by atoms with Crippen molar-refractivity contribution in [3.05, 3.63) is 0 Å². The number of hydrogen-bond donors (Lipinski definition) is 4. The second kappa shape index (κ2) is 6.55. The van der Waals surface area contributed by atoms with Crippen molar-refractivity contribution in [1.82, 2.24) is 5.32 Å². The van der Waals surface area contributed by atoms with E-state index in [0.717, 1.165) is 0 Å². The average Bonchev–Trinajstić information content (AvgIpc) is 2.21. The largest absolute Gasteiger partial charge is 0.396 e. The van der Waals surface area contributed by atoms with E-state index in [-0.39, 0.29) is 29.7 Å². The molecule has 0 aromatic heterocycles. The van der Waals surface area contributed by atoms with Gasteiger partial charge in [-0.25, -0.2) is 0 Å². The molecule has 4 N–H and O–H groups in total. The number of amides is 1. The van der Waals surface area contributed by atoms with Crippen LogP contribution in [0, 0.1) is 5.41 Å². The van der Waals surface area contributed by atoms with Gasteiger partial charge in [-0.1, -0.05) is 13.8 Å². The van der Waals surface area contributed by atoms with Crippen molar-refractivity contribution in [3.8, 4) is 0 Å². The van der Waals surface area contributed by atoms with Gasteiger partial charge in [0.1, 0.15) is 6.10 Å². The van der Waals surface area contributed by atoms with Crippen LogP contribution in [0.3, 0.4) is 0 Å². The quantitative estimate of drug-likeness (QED) is 0.269. The molecule has 0 spiro atoms. The predicted molar refractivity (Wildman–Crippen MR) is 63.9 cm³/mol. The lowest BCUT2D eigenvalue weighted by atomic mass is 9.87. The van der Waals surface area contributed by atoms with Crippen molar-refractivity contribution in [1.29, 1.82) is 0 Å². The van der Waals surface area contributed by atoms with E-state index in [4.69, 9.17) is 9.66 Å². The first-order valence-electron chi connectivity index (χ1n) is 4.78. The molecule has 0 saturated heterocycles. The molecule has 0 radical (unpaired) electrons. The molecule has 1 atom stereocenters. The molecule has 0 saturated carbocycles. The molecule has 0 bridgehead atoms. The van der Waals surface area contributed by atoms with Crippen LogP contribution in [-0.4, -0.2) is 54.1 Å². The monoisotopic (exact) mass is 287 g/mol. The van der Waals surface area contributed by atoms with Crippen LogP contribution in [0.15, 0.2) is 0 Å². The number of aliphatic hydroxyl groups is 2. The van der Waals surface area contributed by atoms with Gasteiger partial charge in [0, 0.05) is 17.7 Å². The van der Waals surface area contributed by atoms with E-state index in [0.29, 0.717) is 0 Å². The first-order chi connectivity index (χ1) is 7.60. The number of nitrogens with one attached hydrogen (secondary N) is 1. The fourth-order valence-electron chi connectivity index (χ4n) is 0.859. The van der Waals surface area contributed by atoms with Crippen LogP contribution in [0.5, 0.6) is 0 Å². The summed E-state index contributed by atoms with van der Waals surface area (Å²) in [7, 11) is -3.83. The average molecular weight is 287 g/mol. The van der Waals surface area contributed by atoms with Crippen LogP contribution >= 0.6 is 10.8 Å². The summed E-state index contributed by atoms with van der Waals surface area (Å²) >= 11 is 0. The third-order valence-electron chi connectivity index (χ3n) is 2.03. The Hall–Kier alpha value is -0.350. The first-order valence-corrected chi connectivity index (χ1v) is 7.73. The van der Waals surface area contributed by atoms with E-state index in [9.17, 15) is 18.3 Å². The lowest BCUT2D eigenvalue weighted by Gasteiger charge is -2.27. The molecule has 1 amide bonds. The molecule has 102 valence electrons. The Bertz CT molecular complexity index is 353. The lowest BCUT2D eigenvalue weighted by molar-refractivity contribution is -0.136. The molecule has 0 aromatic carbocycles. The summed E-state index contributed by atoms with van der Waals surface area (Å²) in [6.07, 6.45) is -1.39. The molecule has 0 fully saturated rings.